The lowest BCUT2D eigenvalue weighted by Gasteiger charge is -2.13. The Balaban J connectivity index is 1.63. The number of benzene rings is 2. The molecule has 3 rings (SSSR count). The maximum atomic E-state index is 12.9. The molecule has 0 saturated carbocycles. The second-order valence-corrected chi connectivity index (χ2v) is 5.91. The molecular weight excluding hydrogens is 347 g/mol. The van der Waals surface area contributed by atoms with Crippen LogP contribution in [0.2, 0.25) is 0 Å². The fraction of sp³-hybridized carbons (Fsp3) is 0.105. The van der Waals surface area contributed by atoms with Crippen LogP contribution >= 0.6 is 0 Å². The zero-order chi connectivity index (χ0) is 19.2. The quantitative estimate of drug-likeness (QED) is 0.500. The van der Waals surface area contributed by atoms with Crippen molar-refractivity contribution < 1.29 is 9.18 Å². The van der Waals surface area contributed by atoms with Gasteiger partial charge in [-0.2, -0.15) is 0 Å². The lowest BCUT2D eigenvalue weighted by atomic mass is 10.1. The molecule has 3 aromatic rings. The van der Waals surface area contributed by atoms with Crippen LogP contribution in [0.3, 0.4) is 0 Å². The number of nitrogens with two attached hydrogens (primary N) is 1. The molecule has 0 radical (unpaired) electrons. The first-order chi connectivity index (χ1) is 13.0. The second kappa shape index (κ2) is 8.13. The van der Waals surface area contributed by atoms with Gasteiger partial charge in [-0.3, -0.25) is 15.6 Å². The predicted molar refractivity (Wildman–Crippen MR) is 102 cm³/mol. The molecule has 0 aliphatic carbocycles. The van der Waals surface area contributed by atoms with Crippen molar-refractivity contribution in [2.24, 2.45) is 0 Å². The number of carbonyl (C=O) groups excluding carboxylic acids is 1. The fourth-order valence-corrected chi connectivity index (χ4v) is 2.32. The largest absolute Gasteiger partial charge is 0.393 e. The van der Waals surface area contributed by atoms with Gasteiger partial charge in [-0.05, 0) is 36.8 Å². The highest BCUT2D eigenvalue weighted by molar-refractivity contribution is 5.95. The van der Waals surface area contributed by atoms with Crippen LogP contribution in [0.1, 0.15) is 21.5 Å². The smallest absolute Gasteiger partial charge is 0.269 e. The van der Waals surface area contributed by atoms with Crippen LogP contribution in [0.15, 0.2) is 54.9 Å². The molecule has 0 bridgehead atoms. The minimum absolute atomic E-state index is 0.256. The lowest BCUT2D eigenvalue weighted by molar-refractivity contribution is 0.0962. The molecule has 0 aliphatic heterocycles. The van der Waals surface area contributed by atoms with E-state index in [0.29, 0.717) is 17.9 Å². The van der Waals surface area contributed by atoms with Crippen molar-refractivity contribution in [3.63, 3.8) is 0 Å². The molecule has 138 valence electrons. The third kappa shape index (κ3) is 4.69. The summed E-state index contributed by atoms with van der Waals surface area (Å²) in [7, 11) is 0. The average Bonchev–Trinajstić information content (AvgIpc) is 2.68. The van der Waals surface area contributed by atoms with Crippen LogP contribution < -0.4 is 21.9 Å². The van der Waals surface area contributed by atoms with Gasteiger partial charge in [-0.1, -0.05) is 29.8 Å². The number of hydrogen-bond acceptors (Lipinski definition) is 6. The molecule has 0 fully saturated rings. The van der Waals surface area contributed by atoms with Gasteiger partial charge in [0, 0.05) is 12.1 Å². The van der Waals surface area contributed by atoms with Crippen LogP contribution in [-0.2, 0) is 6.54 Å². The van der Waals surface area contributed by atoms with E-state index in [1.165, 1.54) is 36.2 Å². The van der Waals surface area contributed by atoms with Gasteiger partial charge in [0.05, 0.1) is 0 Å². The zero-order valence-corrected chi connectivity index (χ0v) is 14.7. The number of halogens is 1. The van der Waals surface area contributed by atoms with Crippen LogP contribution in [0.5, 0.6) is 0 Å². The van der Waals surface area contributed by atoms with E-state index in [1.54, 1.807) is 0 Å². The Hall–Kier alpha value is -3.68. The first kappa shape index (κ1) is 18.1. The summed E-state index contributed by atoms with van der Waals surface area (Å²) >= 11 is 0. The SMILES string of the molecule is Cc1ccc(CNc2ncnc(NNC(=O)c3ccc(F)cc3)c2N)cc1. The molecule has 27 heavy (non-hydrogen) atoms. The van der Waals surface area contributed by atoms with Gasteiger partial charge in [0.25, 0.3) is 5.91 Å². The van der Waals surface area contributed by atoms with Crippen molar-refractivity contribution in [3.05, 3.63) is 77.4 Å². The predicted octanol–water partition coefficient (Wildman–Crippen LogP) is 2.88. The highest BCUT2D eigenvalue weighted by Crippen LogP contribution is 2.22. The number of nitrogen functional groups attached to an aromatic ring is 1. The van der Waals surface area contributed by atoms with E-state index in [9.17, 15) is 9.18 Å². The van der Waals surface area contributed by atoms with Gasteiger partial charge >= 0.3 is 0 Å². The van der Waals surface area contributed by atoms with Crippen molar-refractivity contribution >= 4 is 23.2 Å². The van der Waals surface area contributed by atoms with E-state index in [4.69, 9.17) is 5.73 Å². The highest BCUT2D eigenvalue weighted by Gasteiger charge is 2.10. The Bertz CT molecular complexity index is 928. The maximum Gasteiger partial charge on any atom is 0.269 e. The van der Waals surface area contributed by atoms with Crippen molar-refractivity contribution in [2.45, 2.75) is 13.5 Å². The molecule has 5 N–H and O–H groups in total. The molecule has 2 aromatic carbocycles. The van der Waals surface area contributed by atoms with Crippen molar-refractivity contribution in [1.82, 2.24) is 15.4 Å². The van der Waals surface area contributed by atoms with Gasteiger partial charge in [-0.25, -0.2) is 14.4 Å². The number of rotatable bonds is 6. The molecular formula is C19H19FN6O. The molecule has 1 aromatic heterocycles. The van der Waals surface area contributed by atoms with E-state index in [2.05, 4.69) is 26.1 Å². The van der Waals surface area contributed by atoms with Crippen LogP contribution in [0.4, 0.5) is 21.7 Å². The summed E-state index contributed by atoms with van der Waals surface area (Å²) in [5.41, 5.74) is 14.0. The Morgan fingerprint density at radius 1 is 1.04 bits per heavy atom. The number of nitrogens with zero attached hydrogens (tertiary/aromatic N) is 2. The van der Waals surface area contributed by atoms with Crippen molar-refractivity contribution in [3.8, 4) is 0 Å². The molecule has 0 atom stereocenters. The average molecular weight is 366 g/mol. The normalized spacial score (nSPS) is 10.3. The first-order valence-corrected chi connectivity index (χ1v) is 8.25. The summed E-state index contributed by atoms with van der Waals surface area (Å²) in [6, 6.07) is 13.3. The minimum Gasteiger partial charge on any atom is -0.393 e. The van der Waals surface area contributed by atoms with Crippen LogP contribution in [0, 0.1) is 12.7 Å². The second-order valence-electron chi connectivity index (χ2n) is 5.91. The summed E-state index contributed by atoms with van der Waals surface area (Å²) in [5, 5.41) is 3.14. The van der Waals surface area contributed by atoms with Gasteiger partial charge in [0.1, 0.15) is 17.8 Å². The number of nitrogens with one attached hydrogen (secondary N) is 3. The minimum atomic E-state index is -0.442. The number of amides is 1. The first-order valence-electron chi connectivity index (χ1n) is 8.25. The van der Waals surface area contributed by atoms with E-state index in [-0.39, 0.29) is 11.5 Å². The topological polar surface area (TPSA) is 105 Å². The number of hydrazine groups is 1. The summed E-state index contributed by atoms with van der Waals surface area (Å²) in [6.45, 7) is 2.57. The summed E-state index contributed by atoms with van der Waals surface area (Å²) in [4.78, 5) is 20.2. The maximum absolute atomic E-state index is 12.9. The summed E-state index contributed by atoms with van der Waals surface area (Å²) in [5.74, 6) is -0.151. The van der Waals surface area contributed by atoms with Gasteiger partial charge in [0.2, 0.25) is 0 Å². The van der Waals surface area contributed by atoms with Crippen molar-refractivity contribution in [2.75, 3.05) is 16.5 Å². The van der Waals surface area contributed by atoms with Gasteiger partial charge in [-0.15, -0.1) is 0 Å². The number of hydrogen-bond donors (Lipinski definition) is 4. The van der Waals surface area contributed by atoms with E-state index in [0.717, 1.165) is 5.56 Å². The number of anilines is 3. The van der Waals surface area contributed by atoms with E-state index >= 15 is 0 Å². The molecule has 0 saturated heterocycles. The van der Waals surface area contributed by atoms with Gasteiger partial charge in [0.15, 0.2) is 11.6 Å². The van der Waals surface area contributed by atoms with Crippen LogP contribution in [-0.4, -0.2) is 15.9 Å². The molecule has 0 unspecified atom stereocenters. The van der Waals surface area contributed by atoms with E-state index < -0.39 is 11.7 Å². The van der Waals surface area contributed by atoms with Crippen LogP contribution in [0.25, 0.3) is 0 Å². The standard InChI is InChI=1S/C19H19FN6O/c1-12-2-4-13(5-3-12)10-22-17-16(21)18(24-11-23-17)25-26-19(27)14-6-8-15(20)9-7-14/h2-9,11H,10,21H2,1H3,(H,26,27)(H2,22,23,24,25). The van der Waals surface area contributed by atoms with E-state index in [1.807, 2.05) is 31.2 Å². The highest BCUT2D eigenvalue weighted by atomic mass is 19.1. The molecule has 8 heteroatoms. The third-order valence-corrected chi connectivity index (χ3v) is 3.87. The number of carbonyl (C=O) groups is 1. The van der Waals surface area contributed by atoms with Gasteiger partial charge < -0.3 is 11.1 Å². The third-order valence-electron chi connectivity index (χ3n) is 3.87. The summed E-state index contributed by atoms with van der Waals surface area (Å²) < 4.78 is 12.9. The zero-order valence-electron chi connectivity index (χ0n) is 14.7. The molecule has 0 spiro atoms. The lowest BCUT2D eigenvalue weighted by Crippen LogP contribution is -2.30. The Labute approximate surface area is 155 Å². The molecule has 1 amide bonds. The fourth-order valence-electron chi connectivity index (χ4n) is 2.32. The monoisotopic (exact) mass is 366 g/mol. The Morgan fingerprint density at radius 2 is 1.70 bits per heavy atom. The number of aromatic nitrogens is 2. The van der Waals surface area contributed by atoms with Crippen molar-refractivity contribution in [1.29, 1.82) is 0 Å². The summed E-state index contributed by atoms with van der Waals surface area (Å²) in [6.07, 6.45) is 1.33. The molecule has 1 heterocycles. The Kier molecular flexibility index (Phi) is 5.46. The number of aryl methyl sites for hydroxylation is 1. The Morgan fingerprint density at radius 3 is 2.41 bits per heavy atom. The molecule has 0 aliphatic rings. The molecule has 7 nitrogen and oxygen atoms in total.